The fraction of sp³-hybridized carbons (Fsp3) is 0.526. The van der Waals surface area contributed by atoms with Crippen molar-refractivity contribution < 1.29 is 37.3 Å². The minimum Gasteiger partial charge on any atom is -0.478 e. The number of thiazole rings is 1. The number of aromatic nitrogens is 4. The molecule has 20 heteroatoms. The van der Waals surface area contributed by atoms with E-state index in [2.05, 4.69) is 25.7 Å². The number of nitrogen functional groups attached to an aromatic ring is 1. The summed E-state index contributed by atoms with van der Waals surface area (Å²) in [6, 6.07) is -2.63. The van der Waals surface area contributed by atoms with E-state index < -0.39 is 51.5 Å². The summed E-state index contributed by atoms with van der Waals surface area (Å²) in [5, 5.41) is 25.2. The Balaban J connectivity index is 1.34. The number of carboxylic acid groups (broad SMARTS) is 1. The third-order valence-corrected chi connectivity index (χ3v) is 8.02. The molecule has 39 heavy (non-hydrogen) atoms. The fourth-order valence-corrected chi connectivity index (χ4v) is 5.59. The maximum atomic E-state index is 13.2. The maximum Gasteiger partial charge on any atom is 0.362 e. The van der Waals surface area contributed by atoms with Crippen LogP contribution >= 0.6 is 11.3 Å². The molecule has 3 aliphatic rings. The zero-order valence-corrected chi connectivity index (χ0v) is 21.7. The number of carbonyl (C=O) groups excluding carboxylic acids is 2. The molecule has 2 aromatic heterocycles. The SMILES string of the molecule is Nc1nc(/C(=N/OC2(C(=O)O)CC2)C(=O)NC2C(=O)N(S(=O)(=O)O)C2Cn2ncc(CN3CC(N)C3)n2)cs1. The van der Waals surface area contributed by atoms with Gasteiger partial charge in [-0.25, -0.2) is 14.1 Å². The van der Waals surface area contributed by atoms with Crippen molar-refractivity contribution >= 4 is 50.3 Å². The third kappa shape index (κ3) is 5.41. The Bertz CT molecular complexity index is 1450. The molecule has 7 N–H and O–H groups in total. The molecule has 2 unspecified atom stereocenters. The molecule has 3 fully saturated rings. The van der Waals surface area contributed by atoms with Crippen LogP contribution in [-0.4, -0.2) is 108 Å². The maximum absolute atomic E-state index is 13.2. The summed E-state index contributed by atoms with van der Waals surface area (Å²) in [5.41, 5.74) is 9.90. The van der Waals surface area contributed by atoms with Gasteiger partial charge in [0.05, 0.1) is 18.4 Å². The van der Waals surface area contributed by atoms with Crippen LogP contribution in [-0.2, 0) is 42.6 Å². The lowest BCUT2D eigenvalue weighted by molar-refractivity contribution is -0.153. The number of nitrogens with two attached hydrogens (primary N) is 2. The van der Waals surface area contributed by atoms with Gasteiger partial charge in [0.1, 0.15) is 17.8 Å². The number of anilines is 1. The average Bonchev–Trinajstić information content (AvgIpc) is 3.31. The highest BCUT2D eigenvalue weighted by molar-refractivity contribution is 7.84. The van der Waals surface area contributed by atoms with E-state index in [1.54, 1.807) is 0 Å². The van der Waals surface area contributed by atoms with Crippen molar-refractivity contribution in [2.45, 2.75) is 49.7 Å². The van der Waals surface area contributed by atoms with Gasteiger partial charge in [-0.3, -0.25) is 19.0 Å². The number of oxime groups is 1. The van der Waals surface area contributed by atoms with Crippen molar-refractivity contribution in [1.82, 2.24) is 34.5 Å². The lowest BCUT2D eigenvalue weighted by Crippen LogP contribution is -2.73. The van der Waals surface area contributed by atoms with Gasteiger partial charge in [0, 0.05) is 43.9 Å². The molecule has 210 valence electrons. The highest BCUT2D eigenvalue weighted by Crippen LogP contribution is 2.40. The molecule has 2 atom stereocenters. The number of β-lactam (4-membered cyclic amide) rings is 1. The van der Waals surface area contributed by atoms with E-state index in [1.165, 1.54) is 11.6 Å². The number of amides is 2. The Labute approximate surface area is 224 Å². The number of carboxylic acids is 1. The van der Waals surface area contributed by atoms with Crippen LogP contribution in [0.25, 0.3) is 0 Å². The molecule has 2 aliphatic heterocycles. The summed E-state index contributed by atoms with van der Waals surface area (Å²) in [4.78, 5) is 49.6. The summed E-state index contributed by atoms with van der Waals surface area (Å²) in [6.45, 7) is 1.57. The van der Waals surface area contributed by atoms with Gasteiger partial charge < -0.3 is 26.7 Å². The number of nitrogens with one attached hydrogen (secondary N) is 1. The highest BCUT2D eigenvalue weighted by Gasteiger charge is 2.56. The molecule has 2 aromatic rings. The number of carbonyl (C=O) groups is 3. The monoisotopic (exact) mass is 584 g/mol. The standard InChI is InChI=1S/C19H24N10O8S2/c20-9-4-27(5-9)6-10-3-22-28(25-10)7-12-14(16(31)29(12)39(34,35)36)24-15(30)13(11-8-38-18(21)23-11)26-37-19(1-2-19)17(32)33/h3,8-9,12,14H,1-2,4-7,20H2,(H2,21,23)(H,24,30)(H,32,33)(H,34,35,36)/b26-13-. The van der Waals surface area contributed by atoms with Crippen molar-refractivity contribution in [1.29, 1.82) is 0 Å². The number of aliphatic carboxylic acids is 1. The van der Waals surface area contributed by atoms with Crippen LogP contribution < -0.4 is 16.8 Å². The van der Waals surface area contributed by atoms with Gasteiger partial charge in [0.25, 0.3) is 11.8 Å². The summed E-state index contributed by atoms with van der Waals surface area (Å²) < 4.78 is 33.6. The fourth-order valence-electron chi connectivity index (χ4n) is 4.17. The lowest BCUT2D eigenvalue weighted by Gasteiger charge is -2.43. The molecular weight excluding hydrogens is 560 g/mol. The zero-order valence-electron chi connectivity index (χ0n) is 20.1. The van der Waals surface area contributed by atoms with Crippen LogP contribution in [0.1, 0.15) is 24.2 Å². The smallest absolute Gasteiger partial charge is 0.362 e. The normalized spacial score (nSPS) is 23.2. The molecule has 5 rings (SSSR count). The van der Waals surface area contributed by atoms with E-state index in [0.29, 0.717) is 25.3 Å². The lowest BCUT2D eigenvalue weighted by atomic mass is 9.98. The van der Waals surface area contributed by atoms with E-state index in [9.17, 15) is 32.5 Å². The Morgan fingerprint density at radius 1 is 1.33 bits per heavy atom. The van der Waals surface area contributed by atoms with E-state index in [1.807, 2.05) is 4.90 Å². The molecular formula is C19H24N10O8S2. The summed E-state index contributed by atoms with van der Waals surface area (Å²) >= 11 is 0.979. The first-order chi connectivity index (χ1) is 18.4. The van der Waals surface area contributed by atoms with E-state index in [4.69, 9.17) is 16.3 Å². The van der Waals surface area contributed by atoms with Crippen molar-refractivity contribution in [2.75, 3.05) is 18.8 Å². The minimum absolute atomic E-state index is 0.0461. The molecule has 4 heterocycles. The average molecular weight is 585 g/mol. The predicted molar refractivity (Wildman–Crippen MR) is 131 cm³/mol. The van der Waals surface area contributed by atoms with Gasteiger partial charge in [0.2, 0.25) is 5.60 Å². The summed E-state index contributed by atoms with van der Waals surface area (Å²) in [6.07, 6.45) is 1.83. The molecule has 18 nitrogen and oxygen atoms in total. The number of hydrogen-bond donors (Lipinski definition) is 5. The molecule has 2 saturated heterocycles. The molecule has 0 spiro atoms. The molecule has 2 amide bonds. The van der Waals surface area contributed by atoms with Gasteiger partial charge in [-0.2, -0.15) is 23.4 Å². The van der Waals surface area contributed by atoms with Gasteiger partial charge >= 0.3 is 16.3 Å². The van der Waals surface area contributed by atoms with Crippen LogP contribution in [0.2, 0.25) is 0 Å². The number of hydrogen-bond acceptors (Lipinski definition) is 14. The Morgan fingerprint density at radius 3 is 2.62 bits per heavy atom. The van der Waals surface area contributed by atoms with Crippen LogP contribution in [0.15, 0.2) is 16.7 Å². The molecule has 1 aliphatic carbocycles. The first-order valence-corrected chi connectivity index (χ1v) is 13.8. The van der Waals surface area contributed by atoms with Crippen molar-refractivity contribution in [3.8, 4) is 0 Å². The second kappa shape index (κ2) is 9.79. The van der Waals surface area contributed by atoms with Crippen molar-refractivity contribution in [3.63, 3.8) is 0 Å². The Hall–Kier alpha value is -3.72. The number of likely N-dealkylation sites (tertiary alicyclic amines) is 1. The zero-order chi connectivity index (χ0) is 28.1. The van der Waals surface area contributed by atoms with Crippen LogP contribution in [0.3, 0.4) is 0 Å². The second-order valence-corrected chi connectivity index (χ2v) is 11.6. The molecule has 0 aromatic carbocycles. The topological polar surface area (TPSA) is 262 Å². The largest absolute Gasteiger partial charge is 0.478 e. The number of rotatable bonds is 11. The molecule has 1 saturated carbocycles. The van der Waals surface area contributed by atoms with Gasteiger partial charge in [-0.1, -0.05) is 5.16 Å². The summed E-state index contributed by atoms with van der Waals surface area (Å²) in [7, 11) is -4.97. The van der Waals surface area contributed by atoms with Crippen molar-refractivity contribution in [2.24, 2.45) is 10.9 Å². The predicted octanol–water partition coefficient (Wildman–Crippen LogP) is -3.00. The van der Waals surface area contributed by atoms with E-state index in [-0.39, 0.29) is 40.6 Å². The highest BCUT2D eigenvalue weighted by atomic mass is 32.2. The second-order valence-electron chi connectivity index (χ2n) is 9.38. The first kappa shape index (κ1) is 26.9. The quantitative estimate of drug-likeness (QED) is 0.0763. The summed E-state index contributed by atoms with van der Waals surface area (Å²) in [5.74, 6) is -3.38. The van der Waals surface area contributed by atoms with Gasteiger partial charge in [0.15, 0.2) is 10.8 Å². The van der Waals surface area contributed by atoms with Crippen molar-refractivity contribution in [3.05, 3.63) is 23.0 Å². The first-order valence-electron chi connectivity index (χ1n) is 11.6. The Kier molecular flexibility index (Phi) is 6.74. The van der Waals surface area contributed by atoms with E-state index in [0.717, 1.165) is 16.1 Å². The molecule has 0 bridgehead atoms. The minimum atomic E-state index is -4.97. The van der Waals surface area contributed by atoms with E-state index >= 15 is 0 Å². The van der Waals surface area contributed by atoms with Crippen LogP contribution in [0, 0.1) is 0 Å². The Morgan fingerprint density at radius 2 is 2.05 bits per heavy atom. The molecule has 0 radical (unpaired) electrons. The third-order valence-electron chi connectivity index (χ3n) is 6.39. The van der Waals surface area contributed by atoms with Crippen LogP contribution in [0.4, 0.5) is 5.13 Å². The number of nitrogens with zero attached hydrogens (tertiary/aromatic N) is 7. The van der Waals surface area contributed by atoms with Crippen LogP contribution in [0.5, 0.6) is 0 Å². The van der Waals surface area contributed by atoms with Gasteiger partial charge in [-0.05, 0) is 0 Å². The van der Waals surface area contributed by atoms with Gasteiger partial charge in [-0.15, -0.1) is 11.3 Å².